The Balaban J connectivity index is -0.000000247. The van der Waals surface area contributed by atoms with Crippen molar-refractivity contribution in [3.63, 3.8) is 0 Å². The van der Waals surface area contributed by atoms with E-state index in [1.54, 1.807) is 39.8 Å². The van der Waals surface area contributed by atoms with Crippen LogP contribution in [0.2, 0.25) is 0 Å². The molecule has 2 rings (SSSR count). The third-order valence-corrected chi connectivity index (χ3v) is 6.82. The van der Waals surface area contributed by atoms with Crippen molar-refractivity contribution in [1.82, 2.24) is 0 Å². The number of ketones is 2. The van der Waals surface area contributed by atoms with E-state index in [0.29, 0.717) is 12.8 Å². The summed E-state index contributed by atoms with van der Waals surface area (Å²) >= 11 is 1.80. The molecule has 4 nitrogen and oxygen atoms in total. The topological polar surface area (TPSA) is 52.6 Å². The Hall–Kier alpha value is -1.17. The normalized spacial score (nSPS) is 14.3. The Kier molecular flexibility index (Phi) is 30.3. The lowest BCUT2D eigenvalue weighted by molar-refractivity contribution is -0.120. The Morgan fingerprint density at radius 2 is 1.31 bits per heavy atom. The lowest BCUT2D eigenvalue weighted by atomic mass is 9.85. The van der Waals surface area contributed by atoms with Crippen LogP contribution in [0.3, 0.4) is 0 Å². The molecule has 0 amide bonds. The van der Waals surface area contributed by atoms with Gasteiger partial charge in [0, 0.05) is 37.7 Å². The third-order valence-electron chi connectivity index (χ3n) is 5.77. The number of hydrogen-bond acceptors (Lipinski definition) is 5. The molecule has 1 aromatic carbocycles. The SMILES string of the molecule is C.C.C.C.COC(CCC1CCCCC1)CC(C)=O.COC(CCSc1ccccc1)CC(C)=O. The fraction of sp³-hybridized carbons (Fsp3) is 0.733. The van der Waals surface area contributed by atoms with E-state index in [2.05, 4.69) is 12.1 Å². The quantitative estimate of drug-likeness (QED) is 0.246. The first-order valence-corrected chi connectivity index (χ1v) is 12.7. The van der Waals surface area contributed by atoms with Gasteiger partial charge in [-0.2, -0.15) is 0 Å². The van der Waals surface area contributed by atoms with Crippen LogP contribution in [0.25, 0.3) is 0 Å². The van der Waals surface area contributed by atoms with E-state index < -0.39 is 0 Å². The predicted molar refractivity (Wildman–Crippen MR) is 157 cm³/mol. The molecule has 0 radical (unpaired) electrons. The Bertz CT molecular complexity index is 600. The highest BCUT2D eigenvalue weighted by Gasteiger charge is 2.17. The second kappa shape index (κ2) is 25.9. The molecule has 5 heteroatoms. The van der Waals surface area contributed by atoms with Crippen LogP contribution < -0.4 is 0 Å². The summed E-state index contributed by atoms with van der Waals surface area (Å²) in [5, 5.41) is 0. The highest BCUT2D eigenvalue weighted by atomic mass is 32.2. The number of Topliss-reactive ketones (excluding diaryl/α,β-unsaturated/α-hetero) is 2. The summed E-state index contributed by atoms with van der Waals surface area (Å²) in [6, 6.07) is 10.3. The molecule has 2 atom stereocenters. The zero-order valence-corrected chi connectivity index (χ0v) is 20.8. The van der Waals surface area contributed by atoms with Crippen LogP contribution in [-0.4, -0.2) is 43.7 Å². The van der Waals surface area contributed by atoms with Crippen molar-refractivity contribution >= 4 is 23.3 Å². The van der Waals surface area contributed by atoms with Crippen molar-refractivity contribution in [3.05, 3.63) is 30.3 Å². The summed E-state index contributed by atoms with van der Waals surface area (Å²) in [5.74, 6) is 2.31. The van der Waals surface area contributed by atoms with Gasteiger partial charge < -0.3 is 9.47 Å². The smallest absolute Gasteiger partial charge is 0.132 e. The maximum Gasteiger partial charge on any atom is 0.132 e. The molecule has 0 aliphatic heterocycles. The summed E-state index contributed by atoms with van der Waals surface area (Å²) in [4.78, 5) is 23.2. The predicted octanol–water partition coefficient (Wildman–Crippen LogP) is 9.05. The number of hydrogen-bond donors (Lipinski definition) is 0. The molecule has 0 spiro atoms. The molecule has 0 bridgehead atoms. The molecule has 1 aromatic rings. The summed E-state index contributed by atoms with van der Waals surface area (Å²) < 4.78 is 10.6. The monoisotopic (exact) mass is 514 g/mol. The van der Waals surface area contributed by atoms with Crippen LogP contribution in [0.15, 0.2) is 35.2 Å². The van der Waals surface area contributed by atoms with Gasteiger partial charge in [0.1, 0.15) is 11.6 Å². The lowest BCUT2D eigenvalue weighted by Crippen LogP contribution is -2.17. The van der Waals surface area contributed by atoms with E-state index in [9.17, 15) is 9.59 Å². The van der Waals surface area contributed by atoms with Crippen LogP contribution in [-0.2, 0) is 19.1 Å². The molecule has 0 N–H and O–H groups in total. The van der Waals surface area contributed by atoms with Gasteiger partial charge in [-0.1, -0.05) is 80.0 Å². The van der Waals surface area contributed by atoms with Crippen LogP contribution in [0.1, 0.15) is 108 Å². The third kappa shape index (κ3) is 21.8. The van der Waals surface area contributed by atoms with E-state index in [1.165, 1.54) is 43.4 Å². The van der Waals surface area contributed by atoms with E-state index in [0.717, 1.165) is 24.5 Å². The molecular weight excluding hydrogens is 456 g/mol. The zero-order chi connectivity index (χ0) is 22.9. The average Bonchev–Trinajstić information content (AvgIpc) is 2.77. The van der Waals surface area contributed by atoms with E-state index >= 15 is 0 Å². The van der Waals surface area contributed by atoms with Crippen LogP contribution >= 0.6 is 11.8 Å². The second-order valence-corrected chi connectivity index (χ2v) is 9.73. The number of rotatable bonds is 13. The highest BCUT2D eigenvalue weighted by molar-refractivity contribution is 7.99. The van der Waals surface area contributed by atoms with Gasteiger partial charge in [0.25, 0.3) is 0 Å². The number of thioether (sulfide) groups is 1. The van der Waals surface area contributed by atoms with Crippen molar-refractivity contribution in [2.24, 2.45) is 5.92 Å². The molecule has 1 aliphatic carbocycles. The number of ether oxygens (including phenoxy) is 2. The highest BCUT2D eigenvalue weighted by Crippen LogP contribution is 2.28. The Labute approximate surface area is 223 Å². The molecule has 208 valence electrons. The van der Waals surface area contributed by atoms with E-state index in [4.69, 9.17) is 9.47 Å². The molecule has 35 heavy (non-hydrogen) atoms. The minimum absolute atomic E-state index is 0. The summed E-state index contributed by atoms with van der Waals surface area (Å²) in [7, 11) is 3.38. The number of carbonyl (C=O) groups is 2. The summed E-state index contributed by atoms with van der Waals surface area (Å²) in [5.41, 5.74) is 0. The van der Waals surface area contributed by atoms with Gasteiger partial charge in [-0.15, -0.1) is 11.8 Å². The number of methoxy groups -OCH3 is 2. The van der Waals surface area contributed by atoms with Gasteiger partial charge in [-0.25, -0.2) is 0 Å². The minimum Gasteiger partial charge on any atom is -0.381 e. The van der Waals surface area contributed by atoms with Gasteiger partial charge in [0.15, 0.2) is 0 Å². The molecule has 1 fully saturated rings. The molecule has 0 saturated heterocycles. The lowest BCUT2D eigenvalue weighted by Gasteiger charge is -2.23. The summed E-state index contributed by atoms with van der Waals surface area (Å²) in [6.07, 6.45) is 11.5. The largest absolute Gasteiger partial charge is 0.381 e. The fourth-order valence-corrected chi connectivity index (χ4v) is 4.94. The van der Waals surface area contributed by atoms with Crippen LogP contribution in [0, 0.1) is 5.92 Å². The van der Waals surface area contributed by atoms with Crippen molar-refractivity contribution in [3.8, 4) is 0 Å². The maximum atomic E-state index is 11.0. The first kappa shape index (κ1) is 41.0. The first-order chi connectivity index (χ1) is 14.9. The second-order valence-electron chi connectivity index (χ2n) is 8.56. The van der Waals surface area contributed by atoms with Gasteiger partial charge in [-0.3, -0.25) is 9.59 Å². The number of benzene rings is 1. The molecule has 1 saturated carbocycles. The van der Waals surface area contributed by atoms with Crippen LogP contribution in [0.4, 0.5) is 0 Å². The van der Waals surface area contributed by atoms with E-state index in [1.807, 2.05) is 18.2 Å². The van der Waals surface area contributed by atoms with Crippen molar-refractivity contribution < 1.29 is 19.1 Å². The Morgan fingerprint density at radius 1 is 0.829 bits per heavy atom. The van der Waals surface area contributed by atoms with Crippen molar-refractivity contribution in [2.45, 2.75) is 125 Å². The average molecular weight is 515 g/mol. The molecule has 0 heterocycles. The standard InChI is InChI=1S/C13H18O2S.C13H24O2.4CH4/c1-11(14)10-12(15-2)8-9-16-13-6-4-3-5-7-13;1-11(14)10-13(15-2)9-8-12-6-4-3-5-7-12;;;;/h3-7,12H,8-10H2,1-2H3;12-13H,3-10H2,1-2H3;4*1H4. The van der Waals surface area contributed by atoms with Gasteiger partial charge >= 0.3 is 0 Å². The number of carbonyl (C=O) groups excluding carboxylic acids is 2. The van der Waals surface area contributed by atoms with Crippen molar-refractivity contribution in [1.29, 1.82) is 0 Å². The van der Waals surface area contributed by atoms with Gasteiger partial charge in [0.05, 0.1) is 12.2 Å². The van der Waals surface area contributed by atoms with Crippen LogP contribution in [0.5, 0.6) is 0 Å². The molecule has 0 aromatic heterocycles. The zero-order valence-electron chi connectivity index (χ0n) is 19.9. The van der Waals surface area contributed by atoms with Crippen molar-refractivity contribution in [2.75, 3.05) is 20.0 Å². The van der Waals surface area contributed by atoms with E-state index in [-0.39, 0.29) is 53.5 Å². The Morgan fingerprint density at radius 3 is 1.77 bits per heavy atom. The molecule has 2 unspecified atom stereocenters. The fourth-order valence-electron chi connectivity index (χ4n) is 3.97. The van der Waals surface area contributed by atoms with Gasteiger partial charge in [0.2, 0.25) is 0 Å². The minimum atomic E-state index is 0. The summed E-state index contributed by atoms with van der Waals surface area (Å²) in [6.45, 7) is 3.25. The first-order valence-electron chi connectivity index (χ1n) is 11.7. The molecular formula is C30H58O4S. The maximum absolute atomic E-state index is 11.0. The molecule has 1 aliphatic rings. The van der Waals surface area contributed by atoms with Gasteiger partial charge in [-0.05, 0) is 51.2 Å².